The Hall–Kier alpha value is -2.55. The summed E-state index contributed by atoms with van der Waals surface area (Å²) in [5.74, 6) is -0.267. The molecule has 0 saturated carbocycles. The van der Waals surface area contributed by atoms with Crippen molar-refractivity contribution in [2.75, 3.05) is 6.61 Å². The SMILES string of the molecule is CCOC(=O)c1ccc(Cn2c(C)cc3ccccc32)cc1. The lowest BCUT2D eigenvalue weighted by Gasteiger charge is -2.09. The van der Waals surface area contributed by atoms with Gasteiger partial charge in [-0.1, -0.05) is 30.3 Å². The number of carbonyl (C=O) groups excluding carboxylic acids is 1. The summed E-state index contributed by atoms with van der Waals surface area (Å²) >= 11 is 0. The zero-order valence-corrected chi connectivity index (χ0v) is 12.9. The van der Waals surface area contributed by atoms with Gasteiger partial charge >= 0.3 is 5.97 Å². The summed E-state index contributed by atoms with van der Waals surface area (Å²) in [5.41, 5.74) is 4.22. The Balaban J connectivity index is 1.86. The van der Waals surface area contributed by atoms with Crippen LogP contribution in [0.15, 0.2) is 54.6 Å². The third-order valence-corrected chi connectivity index (χ3v) is 3.82. The first kappa shape index (κ1) is 14.4. The van der Waals surface area contributed by atoms with Crippen molar-refractivity contribution in [3.8, 4) is 0 Å². The van der Waals surface area contributed by atoms with Gasteiger partial charge in [-0.15, -0.1) is 0 Å². The van der Waals surface area contributed by atoms with Crippen LogP contribution in [-0.2, 0) is 11.3 Å². The van der Waals surface area contributed by atoms with Crippen molar-refractivity contribution in [2.45, 2.75) is 20.4 Å². The van der Waals surface area contributed by atoms with Gasteiger partial charge in [-0.3, -0.25) is 0 Å². The summed E-state index contributed by atoms with van der Waals surface area (Å²) in [6.07, 6.45) is 0. The minimum Gasteiger partial charge on any atom is -0.462 e. The lowest BCUT2D eigenvalue weighted by Crippen LogP contribution is -2.05. The van der Waals surface area contributed by atoms with Crippen LogP contribution in [0, 0.1) is 6.92 Å². The van der Waals surface area contributed by atoms with Crippen LogP contribution in [0.25, 0.3) is 10.9 Å². The quantitative estimate of drug-likeness (QED) is 0.676. The van der Waals surface area contributed by atoms with Gasteiger partial charge in [0.25, 0.3) is 0 Å². The highest BCUT2D eigenvalue weighted by atomic mass is 16.5. The van der Waals surface area contributed by atoms with Gasteiger partial charge in [0.15, 0.2) is 0 Å². The first-order valence-electron chi connectivity index (χ1n) is 7.50. The van der Waals surface area contributed by atoms with E-state index in [1.54, 1.807) is 0 Å². The Morgan fingerprint density at radius 3 is 2.55 bits per heavy atom. The molecule has 0 aliphatic rings. The van der Waals surface area contributed by atoms with Crippen LogP contribution >= 0.6 is 0 Å². The first-order chi connectivity index (χ1) is 10.7. The van der Waals surface area contributed by atoms with Gasteiger partial charge < -0.3 is 9.30 Å². The molecular weight excluding hydrogens is 274 g/mol. The minimum atomic E-state index is -0.267. The maximum Gasteiger partial charge on any atom is 0.338 e. The van der Waals surface area contributed by atoms with Crippen molar-refractivity contribution >= 4 is 16.9 Å². The molecule has 0 radical (unpaired) electrons. The second-order valence-electron chi connectivity index (χ2n) is 5.35. The second-order valence-corrected chi connectivity index (χ2v) is 5.35. The van der Waals surface area contributed by atoms with Crippen LogP contribution < -0.4 is 0 Å². The molecule has 1 heterocycles. The molecule has 0 spiro atoms. The molecule has 3 heteroatoms. The molecule has 0 aliphatic carbocycles. The molecule has 3 nitrogen and oxygen atoms in total. The Labute approximate surface area is 130 Å². The molecule has 0 fully saturated rings. The number of fused-ring (bicyclic) bond motifs is 1. The van der Waals surface area contributed by atoms with Gasteiger partial charge in [0, 0.05) is 17.8 Å². The summed E-state index contributed by atoms with van der Waals surface area (Å²) in [7, 11) is 0. The Morgan fingerprint density at radius 1 is 1.09 bits per heavy atom. The summed E-state index contributed by atoms with van der Waals surface area (Å²) in [6.45, 7) is 5.12. The van der Waals surface area contributed by atoms with Gasteiger partial charge in [-0.25, -0.2) is 4.79 Å². The fourth-order valence-electron chi connectivity index (χ4n) is 2.70. The van der Waals surface area contributed by atoms with E-state index in [4.69, 9.17) is 4.74 Å². The largest absolute Gasteiger partial charge is 0.462 e. The van der Waals surface area contributed by atoms with Crippen molar-refractivity contribution in [3.63, 3.8) is 0 Å². The summed E-state index contributed by atoms with van der Waals surface area (Å²) < 4.78 is 7.29. The number of hydrogen-bond donors (Lipinski definition) is 0. The fraction of sp³-hybridized carbons (Fsp3) is 0.211. The molecule has 0 atom stereocenters. The van der Waals surface area contributed by atoms with Crippen LogP contribution in [0.4, 0.5) is 0 Å². The number of benzene rings is 2. The number of rotatable bonds is 4. The number of carbonyl (C=O) groups is 1. The number of ether oxygens (including phenoxy) is 1. The lowest BCUT2D eigenvalue weighted by atomic mass is 10.1. The number of nitrogens with zero attached hydrogens (tertiary/aromatic N) is 1. The van der Waals surface area contributed by atoms with Crippen molar-refractivity contribution in [2.24, 2.45) is 0 Å². The van der Waals surface area contributed by atoms with E-state index in [1.807, 2.05) is 31.2 Å². The average Bonchev–Trinajstić information content (AvgIpc) is 2.84. The summed E-state index contributed by atoms with van der Waals surface area (Å²) in [4.78, 5) is 11.7. The molecule has 3 aromatic rings. The third kappa shape index (κ3) is 2.75. The number of aryl methyl sites for hydroxylation is 1. The van der Waals surface area contributed by atoms with Crippen LogP contribution in [0.3, 0.4) is 0 Å². The van der Waals surface area contributed by atoms with Crippen LogP contribution in [0.2, 0.25) is 0 Å². The Morgan fingerprint density at radius 2 is 1.82 bits per heavy atom. The Bertz CT molecular complexity index is 800. The van der Waals surface area contributed by atoms with Gasteiger partial charge in [-0.05, 0) is 49.1 Å². The molecule has 0 bridgehead atoms. The number of esters is 1. The zero-order valence-electron chi connectivity index (χ0n) is 12.9. The zero-order chi connectivity index (χ0) is 15.5. The maximum absolute atomic E-state index is 11.7. The molecule has 1 aromatic heterocycles. The van der Waals surface area contributed by atoms with E-state index in [0.717, 1.165) is 12.1 Å². The van der Waals surface area contributed by atoms with Crippen molar-refractivity contribution in [1.29, 1.82) is 0 Å². The standard InChI is InChI=1S/C19H19NO2/c1-3-22-19(21)16-10-8-15(9-11-16)13-20-14(2)12-17-6-4-5-7-18(17)20/h4-12H,3,13H2,1-2H3. The maximum atomic E-state index is 11.7. The molecule has 112 valence electrons. The molecule has 22 heavy (non-hydrogen) atoms. The van der Waals surface area contributed by atoms with Crippen LogP contribution in [0.1, 0.15) is 28.5 Å². The first-order valence-corrected chi connectivity index (χ1v) is 7.50. The van der Waals surface area contributed by atoms with Gasteiger partial charge in [0.05, 0.1) is 12.2 Å². The highest BCUT2D eigenvalue weighted by Gasteiger charge is 2.08. The van der Waals surface area contributed by atoms with Crippen molar-refractivity contribution < 1.29 is 9.53 Å². The van der Waals surface area contributed by atoms with Gasteiger partial charge in [0.2, 0.25) is 0 Å². The second kappa shape index (κ2) is 6.06. The van der Waals surface area contributed by atoms with Crippen LogP contribution in [-0.4, -0.2) is 17.1 Å². The van der Waals surface area contributed by atoms with E-state index in [9.17, 15) is 4.79 Å². The highest BCUT2D eigenvalue weighted by molar-refractivity contribution is 5.89. The highest BCUT2D eigenvalue weighted by Crippen LogP contribution is 2.20. The Kier molecular flexibility index (Phi) is 3.96. The lowest BCUT2D eigenvalue weighted by molar-refractivity contribution is 0.0526. The van der Waals surface area contributed by atoms with Crippen molar-refractivity contribution in [3.05, 3.63) is 71.4 Å². The number of hydrogen-bond acceptors (Lipinski definition) is 2. The molecule has 0 unspecified atom stereocenters. The molecule has 0 N–H and O–H groups in total. The van der Waals surface area contributed by atoms with E-state index in [1.165, 1.54) is 16.6 Å². The smallest absolute Gasteiger partial charge is 0.338 e. The molecular formula is C19H19NO2. The predicted molar refractivity (Wildman–Crippen MR) is 88.2 cm³/mol. The van der Waals surface area contributed by atoms with E-state index in [-0.39, 0.29) is 5.97 Å². The fourth-order valence-corrected chi connectivity index (χ4v) is 2.70. The topological polar surface area (TPSA) is 31.2 Å². The third-order valence-electron chi connectivity index (χ3n) is 3.82. The van der Waals surface area contributed by atoms with E-state index in [0.29, 0.717) is 12.2 Å². The molecule has 0 aliphatic heterocycles. The minimum absolute atomic E-state index is 0.267. The summed E-state index contributed by atoms with van der Waals surface area (Å²) in [5, 5.41) is 1.25. The van der Waals surface area contributed by atoms with Crippen LogP contribution in [0.5, 0.6) is 0 Å². The monoisotopic (exact) mass is 293 g/mol. The van der Waals surface area contributed by atoms with Gasteiger partial charge in [-0.2, -0.15) is 0 Å². The molecule has 3 rings (SSSR count). The molecule has 2 aromatic carbocycles. The average molecular weight is 293 g/mol. The van der Waals surface area contributed by atoms with Crippen molar-refractivity contribution in [1.82, 2.24) is 4.57 Å². The molecule has 0 amide bonds. The predicted octanol–water partition coefficient (Wildman–Crippen LogP) is 4.17. The van der Waals surface area contributed by atoms with E-state index in [2.05, 4.69) is 41.8 Å². The number of aromatic nitrogens is 1. The summed E-state index contributed by atoms with van der Waals surface area (Å²) in [6, 6.07) is 18.2. The number of para-hydroxylation sites is 1. The molecule has 0 saturated heterocycles. The van der Waals surface area contributed by atoms with E-state index >= 15 is 0 Å². The normalized spacial score (nSPS) is 10.8. The van der Waals surface area contributed by atoms with E-state index < -0.39 is 0 Å². The van der Waals surface area contributed by atoms with Gasteiger partial charge in [0.1, 0.15) is 0 Å².